The number of hydrogen-bond acceptors (Lipinski definition) is 4. The first-order chi connectivity index (χ1) is 12.2. The standard InChI is InChI=1S/C18H21N5OS/c1-24-16-9-7-15(8-10-16)19-11-12-20-17-21-18(25)22-23(17)13-14-5-3-2-4-6-14/h2-10,19H,11-13H2,1H3,(H2,20,21,22,25)/p+1. The lowest BCUT2D eigenvalue weighted by molar-refractivity contribution is -0.730. The van der Waals surface area contributed by atoms with Crippen LogP contribution in [0.15, 0.2) is 54.6 Å². The number of nitrogens with zero attached hydrogens (tertiary/aromatic N) is 1. The maximum absolute atomic E-state index is 5.22. The molecule has 0 spiro atoms. The van der Waals surface area contributed by atoms with Crippen molar-refractivity contribution in [1.29, 1.82) is 0 Å². The van der Waals surface area contributed by atoms with Crippen molar-refractivity contribution in [3.63, 3.8) is 0 Å². The second-order valence-corrected chi connectivity index (χ2v) is 5.98. The number of aromatic amines is 2. The van der Waals surface area contributed by atoms with Crippen LogP contribution in [0.3, 0.4) is 0 Å². The monoisotopic (exact) mass is 356 g/mol. The second-order valence-electron chi connectivity index (χ2n) is 5.57. The van der Waals surface area contributed by atoms with Gasteiger partial charge in [-0.1, -0.05) is 30.3 Å². The predicted octanol–water partition coefficient (Wildman–Crippen LogP) is 2.94. The first kappa shape index (κ1) is 17.0. The average Bonchev–Trinajstić information content (AvgIpc) is 2.99. The van der Waals surface area contributed by atoms with E-state index in [0.717, 1.165) is 37.0 Å². The van der Waals surface area contributed by atoms with Gasteiger partial charge in [-0.15, -0.1) is 0 Å². The van der Waals surface area contributed by atoms with Crippen molar-refractivity contribution >= 4 is 23.9 Å². The summed E-state index contributed by atoms with van der Waals surface area (Å²) in [6.07, 6.45) is 0. The molecule has 2 aromatic carbocycles. The zero-order chi connectivity index (χ0) is 17.5. The van der Waals surface area contributed by atoms with E-state index in [1.165, 1.54) is 5.56 Å². The van der Waals surface area contributed by atoms with Crippen molar-refractivity contribution in [2.75, 3.05) is 30.8 Å². The van der Waals surface area contributed by atoms with Crippen LogP contribution in [0.5, 0.6) is 5.75 Å². The molecule has 0 bridgehead atoms. The lowest BCUT2D eigenvalue weighted by Crippen LogP contribution is -2.39. The highest BCUT2D eigenvalue weighted by Crippen LogP contribution is 2.14. The van der Waals surface area contributed by atoms with E-state index in [0.29, 0.717) is 4.77 Å². The Labute approximate surface area is 151 Å². The fraction of sp³-hybridized carbons (Fsp3) is 0.222. The quantitative estimate of drug-likeness (QED) is 0.285. The van der Waals surface area contributed by atoms with Crippen molar-refractivity contribution < 1.29 is 9.42 Å². The van der Waals surface area contributed by atoms with Gasteiger partial charge in [-0.2, -0.15) is 4.68 Å². The molecule has 0 amide bonds. The molecule has 0 unspecified atom stereocenters. The smallest absolute Gasteiger partial charge is 0.375 e. The molecule has 0 aliphatic rings. The number of hydrogen-bond donors (Lipinski definition) is 4. The van der Waals surface area contributed by atoms with E-state index in [1.807, 2.05) is 47.1 Å². The van der Waals surface area contributed by atoms with Gasteiger partial charge in [0.1, 0.15) is 12.3 Å². The molecule has 0 saturated carbocycles. The van der Waals surface area contributed by atoms with Crippen molar-refractivity contribution in [3.8, 4) is 5.75 Å². The van der Waals surface area contributed by atoms with E-state index in [1.54, 1.807) is 7.11 Å². The van der Waals surface area contributed by atoms with Crippen LogP contribution in [0, 0.1) is 4.77 Å². The number of H-pyrrole nitrogens is 2. The molecule has 1 aromatic heterocycles. The largest absolute Gasteiger partial charge is 0.497 e. The summed E-state index contributed by atoms with van der Waals surface area (Å²) in [5.41, 5.74) is 2.26. The third-order valence-electron chi connectivity index (χ3n) is 3.76. The molecule has 0 atom stereocenters. The van der Waals surface area contributed by atoms with Crippen LogP contribution in [-0.2, 0) is 6.54 Å². The van der Waals surface area contributed by atoms with Crippen molar-refractivity contribution in [1.82, 2.24) is 10.1 Å². The van der Waals surface area contributed by atoms with Crippen molar-refractivity contribution in [3.05, 3.63) is 64.9 Å². The van der Waals surface area contributed by atoms with E-state index < -0.39 is 0 Å². The first-order valence-electron chi connectivity index (χ1n) is 8.12. The van der Waals surface area contributed by atoms with Gasteiger partial charge >= 0.3 is 5.95 Å². The zero-order valence-corrected chi connectivity index (χ0v) is 14.9. The summed E-state index contributed by atoms with van der Waals surface area (Å²) in [6, 6.07) is 18.1. The normalized spacial score (nSPS) is 10.4. The molecule has 0 saturated heterocycles. The topological polar surface area (TPSA) is 68.8 Å². The van der Waals surface area contributed by atoms with E-state index in [2.05, 4.69) is 32.8 Å². The highest BCUT2D eigenvalue weighted by Gasteiger charge is 2.11. The Bertz CT molecular complexity index is 842. The lowest BCUT2D eigenvalue weighted by atomic mass is 10.2. The number of rotatable bonds is 8. The van der Waals surface area contributed by atoms with Crippen LogP contribution in [-0.4, -0.2) is 30.3 Å². The Morgan fingerprint density at radius 1 is 1.00 bits per heavy atom. The molecule has 7 heteroatoms. The maximum atomic E-state index is 5.22. The minimum Gasteiger partial charge on any atom is -0.497 e. The summed E-state index contributed by atoms with van der Waals surface area (Å²) in [5, 5.41) is 9.88. The Morgan fingerprint density at radius 2 is 1.72 bits per heavy atom. The van der Waals surface area contributed by atoms with E-state index >= 15 is 0 Å². The van der Waals surface area contributed by atoms with E-state index in [4.69, 9.17) is 17.0 Å². The summed E-state index contributed by atoms with van der Waals surface area (Å²) in [7, 11) is 1.66. The van der Waals surface area contributed by atoms with Gasteiger partial charge < -0.3 is 10.1 Å². The molecule has 25 heavy (non-hydrogen) atoms. The maximum Gasteiger partial charge on any atom is 0.375 e. The van der Waals surface area contributed by atoms with Crippen LogP contribution in [0.1, 0.15) is 5.56 Å². The fourth-order valence-corrected chi connectivity index (χ4v) is 2.71. The molecular formula is C18H22N5OS+. The highest BCUT2D eigenvalue weighted by atomic mass is 32.1. The average molecular weight is 356 g/mol. The van der Waals surface area contributed by atoms with Gasteiger partial charge in [-0.25, -0.2) is 10.1 Å². The molecule has 3 rings (SSSR count). The first-order valence-corrected chi connectivity index (χ1v) is 8.53. The lowest BCUT2D eigenvalue weighted by Gasteiger charge is -2.07. The minimum absolute atomic E-state index is 0.599. The Balaban J connectivity index is 1.53. The Morgan fingerprint density at radius 3 is 2.44 bits per heavy atom. The Kier molecular flexibility index (Phi) is 5.69. The SMILES string of the molecule is COc1ccc(NCCNc2[nH]c(=S)[nH][n+]2Cc2ccccc2)cc1. The summed E-state index contributed by atoms with van der Waals surface area (Å²) in [6.45, 7) is 2.26. The van der Waals surface area contributed by atoms with Crippen molar-refractivity contribution in [2.24, 2.45) is 0 Å². The van der Waals surface area contributed by atoms with Gasteiger partial charge in [-0.05, 0) is 42.0 Å². The summed E-state index contributed by atoms with van der Waals surface area (Å²) >= 11 is 5.22. The molecule has 0 radical (unpaired) electrons. The van der Waals surface area contributed by atoms with E-state index in [9.17, 15) is 0 Å². The third-order valence-corrected chi connectivity index (χ3v) is 3.95. The van der Waals surface area contributed by atoms with Crippen LogP contribution < -0.4 is 20.1 Å². The second kappa shape index (κ2) is 8.34. The number of aromatic nitrogens is 3. The summed E-state index contributed by atoms with van der Waals surface area (Å²) < 4.78 is 7.73. The molecule has 130 valence electrons. The van der Waals surface area contributed by atoms with Crippen molar-refractivity contribution in [2.45, 2.75) is 6.54 Å². The zero-order valence-electron chi connectivity index (χ0n) is 14.1. The van der Waals surface area contributed by atoms with Crippen LogP contribution in [0.25, 0.3) is 0 Å². The number of benzene rings is 2. The number of methoxy groups -OCH3 is 1. The number of anilines is 2. The molecule has 0 aliphatic carbocycles. The van der Waals surface area contributed by atoms with Crippen LogP contribution in [0.4, 0.5) is 11.6 Å². The number of nitrogens with one attached hydrogen (secondary N) is 4. The third kappa shape index (κ3) is 4.84. The highest BCUT2D eigenvalue weighted by molar-refractivity contribution is 7.71. The van der Waals surface area contributed by atoms with E-state index in [-0.39, 0.29) is 0 Å². The molecule has 3 aromatic rings. The van der Waals surface area contributed by atoms with Crippen LogP contribution >= 0.6 is 12.2 Å². The summed E-state index contributed by atoms with van der Waals surface area (Å²) in [5.74, 6) is 1.72. The molecule has 0 fully saturated rings. The molecule has 0 aliphatic heterocycles. The minimum atomic E-state index is 0.599. The van der Waals surface area contributed by atoms with Gasteiger partial charge in [0, 0.05) is 12.2 Å². The molecule has 4 N–H and O–H groups in total. The molecular weight excluding hydrogens is 334 g/mol. The molecule has 1 heterocycles. The Hall–Kier alpha value is -2.80. The fourth-order valence-electron chi connectivity index (χ4n) is 2.50. The van der Waals surface area contributed by atoms with Gasteiger partial charge in [-0.3, -0.25) is 5.32 Å². The van der Waals surface area contributed by atoms with Gasteiger partial charge in [0.2, 0.25) is 0 Å². The van der Waals surface area contributed by atoms with Gasteiger partial charge in [0.15, 0.2) is 0 Å². The van der Waals surface area contributed by atoms with Crippen LogP contribution in [0.2, 0.25) is 0 Å². The predicted molar refractivity (Wildman–Crippen MR) is 102 cm³/mol. The summed E-state index contributed by atoms with van der Waals surface area (Å²) in [4.78, 5) is 3.15. The molecule has 6 nitrogen and oxygen atoms in total. The van der Waals surface area contributed by atoms with Gasteiger partial charge in [0.05, 0.1) is 13.7 Å². The van der Waals surface area contributed by atoms with Gasteiger partial charge in [0.25, 0.3) is 4.77 Å². The number of ether oxygens (including phenoxy) is 1.